The molecule has 10 heavy (non-hydrogen) atoms. The maximum absolute atomic E-state index is 10.3. The summed E-state index contributed by atoms with van der Waals surface area (Å²) in [4.78, 5) is 10.3. The highest BCUT2D eigenvalue weighted by Crippen LogP contribution is 2.24. The van der Waals surface area contributed by atoms with E-state index in [1.807, 2.05) is 0 Å². The first-order valence-corrected chi connectivity index (χ1v) is 3.82. The SMILES string of the molecule is O=Cc1cccc(Cl)c1Br. The summed E-state index contributed by atoms with van der Waals surface area (Å²) in [6.07, 6.45) is 0.760. The largest absolute Gasteiger partial charge is 0.298 e. The Hall–Kier alpha value is -0.340. The zero-order valence-electron chi connectivity index (χ0n) is 4.97. The maximum Gasteiger partial charge on any atom is 0.151 e. The Balaban J connectivity index is 3.27. The van der Waals surface area contributed by atoms with E-state index in [1.54, 1.807) is 18.2 Å². The lowest BCUT2D eigenvalue weighted by Crippen LogP contribution is -1.80. The summed E-state index contributed by atoms with van der Waals surface area (Å²) in [5.41, 5.74) is 0.576. The highest BCUT2D eigenvalue weighted by atomic mass is 79.9. The van der Waals surface area contributed by atoms with Gasteiger partial charge in [0.05, 0.1) is 5.02 Å². The first-order valence-electron chi connectivity index (χ1n) is 2.65. The Labute approximate surface area is 72.1 Å². The number of hydrogen-bond donors (Lipinski definition) is 0. The lowest BCUT2D eigenvalue weighted by molar-refractivity contribution is 0.112. The molecule has 0 aliphatic carbocycles. The molecule has 3 heteroatoms. The quantitative estimate of drug-likeness (QED) is 0.664. The van der Waals surface area contributed by atoms with Crippen LogP contribution >= 0.6 is 27.5 Å². The molecule has 1 rings (SSSR count). The molecule has 0 atom stereocenters. The molecule has 1 nitrogen and oxygen atoms in total. The minimum atomic E-state index is 0.560. The molecule has 1 aromatic rings. The molecule has 0 aliphatic heterocycles. The normalized spacial score (nSPS) is 9.40. The van der Waals surface area contributed by atoms with E-state index in [4.69, 9.17) is 11.6 Å². The first kappa shape index (κ1) is 7.76. The lowest BCUT2D eigenvalue weighted by atomic mass is 10.2. The molecule has 0 aromatic heterocycles. The maximum atomic E-state index is 10.3. The van der Waals surface area contributed by atoms with Crippen LogP contribution in [0.15, 0.2) is 22.7 Å². The van der Waals surface area contributed by atoms with Crippen molar-refractivity contribution in [2.24, 2.45) is 0 Å². The highest BCUT2D eigenvalue weighted by Gasteiger charge is 2.00. The molecule has 0 fully saturated rings. The summed E-state index contributed by atoms with van der Waals surface area (Å²) < 4.78 is 0.659. The third-order valence-electron chi connectivity index (χ3n) is 1.11. The minimum Gasteiger partial charge on any atom is -0.298 e. The Morgan fingerprint density at radius 3 is 2.70 bits per heavy atom. The predicted octanol–water partition coefficient (Wildman–Crippen LogP) is 2.92. The van der Waals surface area contributed by atoms with Gasteiger partial charge in [-0.15, -0.1) is 0 Å². The van der Waals surface area contributed by atoms with E-state index >= 15 is 0 Å². The van der Waals surface area contributed by atoms with Crippen molar-refractivity contribution in [1.29, 1.82) is 0 Å². The highest BCUT2D eigenvalue weighted by molar-refractivity contribution is 9.10. The molecule has 0 heterocycles. The number of carbonyl (C=O) groups is 1. The zero-order chi connectivity index (χ0) is 7.56. The van der Waals surface area contributed by atoms with E-state index in [-0.39, 0.29) is 0 Å². The van der Waals surface area contributed by atoms with Gasteiger partial charge in [0.25, 0.3) is 0 Å². The van der Waals surface area contributed by atoms with Crippen molar-refractivity contribution in [2.75, 3.05) is 0 Å². The Morgan fingerprint density at radius 2 is 2.20 bits per heavy atom. The molecule has 0 saturated carbocycles. The van der Waals surface area contributed by atoms with Gasteiger partial charge in [-0.3, -0.25) is 4.79 Å². The van der Waals surface area contributed by atoms with Crippen LogP contribution in [0.2, 0.25) is 5.02 Å². The van der Waals surface area contributed by atoms with Gasteiger partial charge in [0.2, 0.25) is 0 Å². The van der Waals surface area contributed by atoms with Crippen LogP contribution in [0.3, 0.4) is 0 Å². The van der Waals surface area contributed by atoms with Gasteiger partial charge in [0.15, 0.2) is 6.29 Å². The van der Waals surface area contributed by atoms with Crippen LogP contribution in [0.4, 0.5) is 0 Å². The van der Waals surface area contributed by atoms with Crippen molar-refractivity contribution in [3.05, 3.63) is 33.3 Å². The Kier molecular flexibility index (Phi) is 2.46. The molecular weight excluding hydrogens is 215 g/mol. The number of benzene rings is 1. The van der Waals surface area contributed by atoms with Gasteiger partial charge in [0.1, 0.15) is 0 Å². The Bertz CT molecular complexity index is 260. The molecule has 0 spiro atoms. The third-order valence-corrected chi connectivity index (χ3v) is 2.54. The second kappa shape index (κ2) is 3.17. The Morgan fingerprint density at radius 1 is 1.50 bits per heavy atom. The van der Waals surface area contributed by atoms with Gasteiger partial charge in [-0.25, -0.2) is 0 Å². The summed E-state index contributed by atoms with van der Waals surface area (Å²) in [6, 6.07) is 5.15. The van der Waals surface area contributed by atoms with Gasteiger partial charge in [0, 0.05) is 10.0 Å². The number of aldehydes is 1. The second-order valence-corrected chi connectivity index (χ2v) is 2.96. The molecule has 0 N–H and O–H groups in total. The van der Waals surface area contributed by atoms with E-state index in [0.29, 0.717) is 15.1 Å². The summed E-state index contributed by atoms with van der Waals surface area (Å²) >= 11 is 8.86. The van der Waals surface area contributed by atoms with Crippen LogP contribution in [-0.2, 0) is 0 Å². The molecule has 0 aliphatic rings. The number of hydrogen-bond acceptors (Lipinski definition) is 1. The van der Waals surface area contributed by atoms with Crippen molar-refractivity contribution in [3.63, 3.8) is 0 Å². The van der Waals surface area contributed by atoms with E-state index in [9.17, 15) is 4.79 Å². The van der Waals surface area contributed by atoms with Crippen molar-refractivity contribution in [1.82, 2.24) is 0 Å². The zero-order valence-corrected chi connectivity index (χ0v) is 7.32. The summed E-state index contributed by atoms with van der Waals surface area (Å²) in [5, 5.41) is 0.560. The van der Waals surface area contributed by atoms with Crippen molar-refractivity contribution < 1.29 is 4.79 Å². The monoisotopic (exact) mass is 218 g/mol. The van der Waals surface area contributed by atoms with E-state index in [2.05, 4.69) is 15.9 Å². The topological polar surface area (TPSA) is 17.1 Å². The van der Waals surface area contributed by atoms with Crippen molar-refractivity contribution >= 4 is 33.8 Å². The van der Waals surface area contributed by atoms with Crippen molar-refractivity contribution in [2.45, 2.75) is 0 Å². The van der Waals surface area contributed by atoms with Crippen LogP contribution in [-0.4, -0.2) is 6.29 Å². The van der Waals surface area contributed by atoms with Gasteiger partial charge < -0.3 is 0 Å². The average molecular weight is 219 g/mol. The van der Waals surface area contributed by atoms with Crippen LogP contribution in [0.5, 0.6) is 0 Å². The van der Waals surface area contributed by atoms with Crippen LogP contribution < -0.4 is 0 Å². The van der Waals surface area contributed by atoms with Crippen LogP contribution in [0, 0.1) is 0 Å². The molecule has 0 unspecified atom stereocenters. The third kappa shape index (κ3) is 1.39. The van der Waals surface area contributed by atoms with Gasteiger partial charge >= 0.3 is 0 Å². The fourth-order valence-corrected chi connectivity index (χ4v) is 1.15. The second-order valence-electron chi connectivity index (χ2n) is 1.76. The standard InChI is InChI=1S/C7H4BrClO/c8-7-5(4-10)2-1-3-6(7)9/h1-4H. The van der Waals surface area contributed by atoms with Gasteiger partial charge in [-0.1, -0.05) is 23.7 Å². The molecule has 0 amide bonds. The van der Waals surface area contributed by atoms with E-state index in [1.165, 1.54) is 0 Å². The smallest absolute Gasteiger partial charge is 0.151 e. The summed E-state index contributed by atoms with van der Waals surface area (Å²) in [7, 11) is 0. The molecule has 1 aromatic carbocycles. The van der Waals surface area contributed by atoms with Gasteiger partial charge in [-0.2, -0.15) is 0 Å². The molecule has 52 valence electrons. The minimum absolute atomic E-state index is 0.560. The van der Waals surface area contributed by atoms with Crippen LogP contribution in [0.1, 0.15) is 10.4 Å². The van der Waals surface area contributed by atoms with Crippen LogP contribution in [0.25, 0.3) is 0 Å². The summed E-state index contributed by atoms with van der Waals surface area (Å²) in [6.45, 7) is 0. The fourth-order valence-electron chi connectivity index (χ4n) is 0.611. The summed E-state index contributed by atoms with van der Waals surface area (Å²) in [5.74, 6) is 0. The predicted molar refractivity (Wildman–Crippen MR) is 44.5 cm³/mol. The van der Waals surface area contributed by atoms with Gasteiger partial charge in [-0.05, 0) is 22.0 Å². The fraction of sp³-hybridized carbons (Fsp3) is 0. The number of rotatable bonds is 1. The lowest BCUT2D eigenvalue weighted by Gasteiger charge is -1.95. The molecule has 0 saturated heterocycles. The molecule has 0 bridgehead atoms. The average Bonchev–Trinajstić information content (AvgIpc) is 1.95. The number of halogens is 2. The van der Waals surface area contributed by atoms with Crippen molar-refractivity contribution in [3.8, 4) is 0 Å². The number of carbonyl (C=O) groups excluding carboxylic acids is 1. The van der Waals surface area contributed by atoms with E-state index in [0.717, 1.165) is 6.29 Å². The molecular formula is C7H4BrClO. The van der Waals surface area contributed by atoms with E-state index < -0.39 is 0 Å². The molecule has 0 radical (unpaired) electrons. The first-order chi connectivity index (χ1) is 4.75.